The highest BCUT2D eigenvalue weighted by Gasteiger charge is 2.31. The molecule has 1 nitrogen and oxygen atoms in total. The maximum absolute atomic E-state index is 15.0. The van der Waals surface area contributed by atoms with Crippen LogP contribution in [-0.2, 0) is 0 Å². The van der Waals surface area contributed by atoms with Crippen molar-refractivity contribution in [2.75, 3.05) is 0 Å². The van der Waals surface area contributed by atoms with E-state index in [0.717, 1.165) is 43.4 Å². The summed E-state index contributed by atoms with van der Waals surface area (Å²) < 4.78 is 72.2. The van der Waals surface area contributed by atoms with Crippen LogP contribution < -0.4 is 4.74 Å². The van der Waals surface area contributed by atoms with Gasteiger partial charge in [0.25, 0.3) is 0 Å². The fourth-order valence-electron chi connectivity index (χ4n) is 5.86. The highest BCUT2D eigenvalue weighted by molar-refractivity contribution is 6.25. The monoisotopic (exact) mass is 550 g/mol. The molecule has 41 heavy (non-hydrogen) atoms. The molecule has 0 aliphatic rings. The lowest BCUT2D eigenvalue weighted by Gasteiger charge is -2.20. The van der Waals surface area contributed by atoms with Crippen molar-refractivity contribution in [2.45, 2.75) is 6.36 Å². The second-order valence-corrected chi connectivity index (χ2v) is 9.87. The van der Waals surface area contributed by atoms with E-state index >= 15 is 0 Å². The van der Waals surface area contributed by atoms with Crippen LogP contribution in [0.1, 0.15) is 0 Å². The van der Waals surface area contributed by atoms with E-state index in [1.54, 1.807) is 0 Å². The molecular formula is C35H19F5O. The molecule has 7 aromatic rings. The zero-order valence-electron chi connectivity index (χ0n) is 21.3. The first-order valence-corrected chi connectivity index (χ1v) is 12.9. The van der Waals surface area contributed by atoms with Gasteiger partial charge in [0.1, 0.15) is 5.75 Å². The molecule has 0 spiro atoms. The molecule has 0 amide bonds. The van der Waals surface area contributed by atoms with Gasteiger partial charge in [-0.05, 0) is 95.7 Å². The molecule has 0 N–H and O–H groups in total. The van der Waals surface area contributed by atoms with Gasteiger partial charge in [-0.25, -0.2) is 8.78 Å². The normalized spacial score (nSPS) is 12.0. The van der Waals surface area contributed by atoms with Gasteiger partial charge in [-0.1, -0.05) is 84.9 Å². The van der Waals surface area contributed by atoms with E-state index in [1.807, 2.05) is 66.7 Å². The van der Waals surface area contributed by atoms with Crippen LogP contribution in [0.2, 0.25) is 0 Å². The summed E-state index contributed by atoms with van der Waals surface area (Å²) in [6, 6.07) is 33.4. The van der Waals surface area contributed by atoms with E-state index in [2.05, 4.69) is 16.9 Å². The lowest BCUT2D eigenvalue weighted by molar-refractivity contribution is -0.274. The van der Waals surface area contributed by atoms with Crippen molar-refractivity contribution in [1.29, 1.82) is 0 Å². The first-order chi connectivity index (χ1) is 19.8. The van der Waals surface area contributed by atoms with Crippen molar-refractivity contribution >= 4 is 43.1 Å². The van der Waals surface area contributed by atoms with Crippen LogP contribution in [0, 0.1) is 11.6 Å². The Bertz CT molecular complexity index is 2130. The summed E-state index contributed by atoms with van der Waals surface area (Å²) in [7, 11) is 0. The summed E-state index contributed by atoms with van der Waals surface area (Å²) in [4.78, 5) is 0. The number of benzene rings is 7. The Kier molecular flexibility index (Phi) is 5.68. The van der Waals surface area contributed by atoms with Crippen molar-refractivity contribution in [2.24, 2.45) is 0 Å². The number of ether oxygens (including phenoxy) is 1. The van der Waals surface area contributed by atoms with E-state index in [9.17, 15) is 22.0 Å². The van der Waals surface area contributed by atoms with Crippen molar-refractivity contribution in [3.05, 3.63) is 127 Å². The van der Waals surface area contributed by atoms with Crippen LogP contribution in [0.15, 0.2) is 115 Å². The van der Waals surface area contributed by atoms with Gasteiger partial charge in [0.05, 0.1) is 0 Å². The van der Waals surface area contributed by atoms with Crippen LogP contribution in [0.5, 0.6) is 5.75 Å². The predicted molar refractivity (Wildman–Crippen MR) is 154 cm³/mol. The standard InChI is InChI=1S/C35H19F5O/c36-31-18-29-30(19-32(31)37)34(28-17-21-7-1-2-8-23(21)24-9-3-4-10-25(24)28)27-12-6-5-11-26(27)33(29)20-13-15-22(16-14-20)41-35(38,39)40/h1-19H. The van der Waals surface area contributed by atoms with Gasteiger partial charge in [-0.2, -0.15) is 0 Å². The summed E-state index contributed by atoms with van der Waals surface area (Å²) in [5.41, 5.74) is 2.74. The van der Waals surface area contributed by atoms with Crippen LogP contribution in [0.25, 0.3) is 65.3 Å². The lowest BCUT2D eigenvalue weighted by Crippen LogP contribution is -2.16. The molecule has 0 aliphatic carbocycles. The van der Waals surface area contributed by atoms with Gasteiger partial charge in [-0.15, -0.1) is 13.2 Å². The second-order valence-electron chi connectivity index (χ2n) is 9.87. The minimum absolute atomic E-state index is 0.369. The first kappa shape index (κ1) is 25.0. The lowest BCUT2D eigenvalue weighted by atomic mass is 9.83. The van der Waals surface area contributed by atoms with Crippen molar-refractivity contribution in [3.8, 4) is 28.0 Å². The van der Waals surface area contributed by atoms with E-state index < -0.39 is 18.0 Å². The number of fused-ring (bicyclic) bond motifs is 5. The fraction of sp³-hybridized carbons (Fsp3) is 0.0286. The van der Waals surface area contributed by atoms with Gasteiger partial charge in [-0.3, -0.25) is 0 Å². The molecule has 200 valence electrons. The van der Waals surface area contributed by atoms with Gasteiger partial charge in [0, 0.05) is 0 Å². The zero-order valence-corrected chi connectivity index (χ0v) is 21.3. The summed E-state index contributed by atoms with van der Waals surface area (Å²) in [5.74, 6) is -2.37. The van der Waals surface area contributed by atoms with Crippen LogP contribution in [0.4, 0.5) is 22.0 Å². The molecule has 0 radical (unpaired) electrons. The molecule has 6 heteroatoms. The predicted octanol–water partition coefficient (Wildman–Crippen LogP) is 10.8. The second kappa shape index (κ2) is 9.30. The molecule has 7 rings (SSSR count). The van der Waals surface area contributed by atoms with E-state index in [0.29, 0.717) is 21.9 Å². The van der Waals surface area contributed by atoms with Crippen LogP contribution >= 0.6 is 0 Å². The van der Waals surface area contributed by atoms with Crippen molar-refractivity contribution < 1.29 is 26.7 Å². The Morgan fingerprint density at radius 2 is 0.976 bits per heavy atom. The van der Waals surface area contributed by atoms with Crippen molar-refractivity contribution in [1.82, 2.24) is 0 Å². The van der Waals surface area contributed by atoms with Gasteiger partial charge in [0.15, 0.2) is 11.6 Å². The highest BCUT2D eigenvalue weighted by Crippen LogP contribution is 2.47. The Labute approximate surface area is 231 Å². The average Bonchev–Trinajstić information content (AvgIpc) is 2.96. The maximum atomic E-state index is 15.0. The Morgan fingerprint density at radius 3 is 1.61 bits per heavy atom. The Hall–Kier alpha value is -4.97. The molecule has 7 aromatic carbocycles. The third kappa shape index (κ3) is 4.23. The Morgan fingerprint density at radius 1 is 0.463 bits per heavy atom. The summed E-state index contributed by atoms with van der Waals surface area (Å²) in [6.45, 7) is 0. The topological polar surface area (TPSA) is 9.23 Å². The smallest absolute Gasteiger partial charge is 0.406 e. The van der Waals surface area contributed by atoms with Gasteiger partial charge < -0.3 is 4.74 Å². The van der Waals surface area contributed by atoms with Crippen LogP contribution in [0.3, 0.4) is 0 Å². The molecule has 0 bridgehead atoms. The summed E-state index contributed by atoms with van der Waals surface area (Å²) in [6.07, 6.45) is -4.83. The molecule has 0 fully saturated rings. The minimum atomic E-state index is -4.83. The SMILES string of the molecule is Fc1cc2c(-c3ccc(OC(F)(F)F)cc3)c3ccccc3c(-c3cc4ccccc4c4ccccc34)c2cc1F. The number of rotatable bonds is 3. The zero-order chi connectivity index (χ0) is 28.3. The summed E-state index contributed by atoms with van der Waals surface area (Å²) in [5, 5.41) is 6.57. The van der Waals surface area contributed by atoms with E-state index in [1.165, 1.54) is 36.4 Å². The number of alkyl halides is 3. The maximum Gasteiger partial charge on any atom is 0.573 e. The molecular weight excluding hydrogens is 531 g/mol. The van der Waals surface area contributed by atoms with Crippen LogP contribution in [-0.4, -0.2) is 6.36 Å². The summed E-state index contributed by atoms with van der Waals surface area (Å²) >= 11 is 0. The highest BCUT2D eigenvalue weighted by atomic mass is 19.4. The number of hydrogen-bond donors (Lipinski definition) is 0. The Balaban J connectivity index is 1.61. The average molecular weight is 551 g/mol. The third-order valence-corrected chi connectivity index (χ3v) is 7.48. The molecule has 0 unspecified atom stereocenters. The molecule has 0 aromatic heterocycles. The van der Waals surface area contributed by atoms with Gasteiger partial charge >= 0.3 is 6.36 Å². The first-order valence-electron chi connectivity index (χ1n) is 12.9. The fourth-order valence-corrected chi connectivity index (χ4v) is 5.86. The minimum Gasteiger partial charge on any atom is -0.406 e. The molecule has 0 saturated heterocycles. The molecule has 0 atom stereocenters. The molecule has 0 heterocycles. The number of hydrogen-bond acceptors (Lipinski definition) is 1. The molecule has 0 aliphatic heterocycles. The van der Waals surface area contributed by atoms with E-state index in [4.69, 9.17) is 0 Å². The quantitative estimate of drug-likeness (QED) is 0.121. The third-order valence-electron chi connectivity index (χ3n) is 7.48. The van der Waals surface area contributed by atoms with Crippen molar-refractivity contribution in [3.63, 3.8) is 0 Å². The van der Waals surface area contributed by atoms with E-state index in [-0.39, 0.29) is 5.75 Å². The number of halogens is 5. The molecule has 0 saturated carbocycles. The largest absolute Gasteiger partial charge is 0.573 e. The van der Waals surface area contributed by atoms with Gasteiger partial charge in [0.2, 0.25) is 0 Å².